The minimum atomic E-state index is -0.591. The number of nitrogens with one attached hydrogen (secondary N) is 1. The number of hydrogen-bond acceptors (Lipinski definition) is 4. The van der Waals surface area contributed by atoms with Gasteiger partial charge in [-0.3, -0.25) is 4.79 Å². The van der Waals surface area contributed by atoms with E-state index in [9.17, 15) is 10.1 Å². The molecular weight excluding hydrogens is 495 g/mol. The highest BCUT2D eigenvalue weighted by molar-refractivity contribution is 6.34. The fourth-order valence-corrected chi connectivity index (χ4v) is 3.86. The summed E-state index contributed by atoms with van der Waals surface area (Å²) >= 11 is 18.9. The number of carbonyl (C=O) groups is 1. The Morgan fingerprint density at radius 2 is 1.76 bits per heavy atom. The van der Waals surface area contributed by atoms with Crippen LogP contribution in [0.15, 0.2) is 60.2 Å². The number of carbonyl (C=O) groups excluding carboxylic acids is 1. The number of para-hydroxylation sites is 1. The first-order valence-corrected chi connectivity index (χ1v) is 11.5. The maximum Gasteiger partial charge on any atom is 0.266 e. The van der Waals surface area contributed by atoms with E-state index >= 15 is 0 Å². The molecular formula is C26H21Cl3N2O3. The number of nitriles is 1. The molecule has 3 aromatic carbocycles. The van der Waals surface area contributed by atoms with Crippen molar-refractivity contribution in [3.8, 4) is 17.6 Å². The molecule has 8 heteroatoms. The van der Waals surface area contributed by atoms with Crippen molar-refractivity contribution in [1.82, 2.24) is 0 Å². The molecule has 34 heavy (non-hydrogen) atoms. The Bertz CT molecular complexity index is 1260. The average molecular weight is 516 g/mol. The molecule has 0 aliphatic carbocycles. The van der Waals surface area contributed by atoms with E-state index in [1.54, 1.807) is 30.3 Å². The van der Waals surface area contributed by atoms with Crippen molar-refractivity contribution >= 4 is 52.5 Å². The zero-order chi connectivity index (χ0) is 24.7. The summed E-state index contributed by atoms with van der Waals surface area (Å²) in [6.45, 7) is 4.20. The lowest BCUT2D eigenvalue weighted by Gasteiger charge is -2.15. The lowest BCUT2D eigenvalue weighted by Crippen LogP contribution is -2.14. The van der Waals surface area contributed by atoms with Gasteiger partial charge in [-0.2, -0.15) is 5.26 Å². The topological polar surface area (TPSA) is 71.3 Å². The third-order valence-electron chi connectivity index (χ3n) is 4.80. The predicted octanol–water partition coefficient (Wildman–Crippen LogP) is 7.48. The van der Waals surface area contributed by atoms with Crippen LogP contribution in [0.1, 0.15) is 23.6 Å². The van der Waals surface area contributed by atoms with Gasteiger partial charge >= 0.3 is 0 Å². The van der Waals surface area contributed by atoms with E-state index in [0.29, 0.717) is 39.4 Å². The first-order valence-electron chi connectivity index (χ1n) is 10.3. The van der Waals surface area contributed by atoms with Gasteiger partial charge in [0.2, 0.25) is 0 Å². The second-order valence-electron chi connectivity index (χ2n) is 7.20. The van der Waals surface area contributed by atoms with Crippen LogP contribution in [0, 0.1) is 18.3 Å². The summed E-state index contributed by atoms with van der Waals surface area (Å²) in [4.78, 5) is 12.7. The molecule has 0 aliphatic heterocycles. The molecule has 0 saturated carbocycles. The van der Waals surface area contributed by atoms with E-state index in [4.69, 9.17) is 44.3 Å². The number of hydrogen-bond donors (Lipinski definition) is 1. The molecule has 3 aromatic rings. The molecule has 0 bridgehead atoms. The summed E-state index contributed by atoms with van der Waals surface area (Å²) in [6, 6.07) is 17.8. The van der Waals surface area contributed by atoms with Crippen LogP contribution in [-0.2, 0) is 11.4 Å². The number of rotatable bonds is 8. The van der Waals surface area contributed by atoms with Crippen LogP contribution >= 0.6 is 34.8 Å². The van der Waals surface area contributed by atoms with Gasteiger partial charge < -0.3 is 14.8 Å². The fourth-order valence-electron chi connectivity index (χ4n) is 3.13. The highest BCUT2D eigenvalue weighted by atomic mass is 35.5. The second-order valence-corrected chi connectivity index (χ2v) is 8.42. The van der Waals surface area contributed by atoms with Gasteiger partial charge in [0, 0.05) is 10.6 Å². The lowest BCUT2D eigenvalue weighted by molar-refractivity contribution is -0.112. The Labute approximate surface area is 213 Å². The van der Waals surface area contributed by atoms with E-state index in [-0.39, 0.29) is 17.2 Å². The number of amides is 1. The molecule has 174 valence electrons. The van der Waals surface area contributed by atoms with Crippen LogP contribution in [0.4, 0.5) is 5.69 Å². The Morgan fingerprint density at radius 3 is 2.44 bits per heavy atom. The molecule has 0 heterocycles. The van der Waals surface area contributed by atoms with E-state index in [0.717, 1.165) is 11.1 Å². The molecule has 0 fully saturated rings. The smallest absolute Gasteiger partial charge is 0.266 e. The normalized spacial score (nSPS) is 11.0. The highest BCUT2D eigenvalue weighted by Gasteiger charge is 2.16. The lowest BCUT2D eigenvalue weighted by atomic mass is 10.1. The van der Waals surface area contributed by atoms with Crippen LogP contribution in [0.3, 0.4) is 0 Å². The van der Waals surface area contributed by atoms with Crippen molar-refractivity contribution in [2.24, 2.45) is 0 Å². The maximum absolute atomic E-state index is 12.7. The zero-order valence-electron chi connectivity index (χ0n) is 18.5. The molecule has 0 saturated heterocycles. The van der Waals surface area contributed by atoms with Crippen LogP contribution < -0.4 is 14.8 Å². The van der Waals surface area contributed by atoms with Crippen molar-refractivity contribution in [3.05, 3.63) is 91.9 Å². The van der Waals surface area contributed by atoms with Crippen LogP contribution in [0.25, 0.3) is 6.08 Å². The van der Waals surface area contributed by atoms with E-state index < -0.39 is 5.91 Å². The third-order valence-corrected chi connectivity index (χ3v) is 5.76. The monoisotopic (exact) mass is 514 g/mol. The van der Waals surface area contributed by atoms with Crippen LogP contribution in [-0.4, -0.2) is 12.5 Å². The van der Waals surface area contributed by atoms with Gasteiger partial charge in [0.1, 0.15) is 18.2 Å². The number of ether oxygens (including phenoxy) is 2. The molecule has 0 aliphatic rings. The Morgan fingerprint density at radius 1 is 1.03 bits per heavy atom. The molecule has 0 radical (unpaired) electrons. The van der Waals surface area contributed by atoms with E-state index in [2.05, 4.69) is 5.32 Å². The van der Waals surface area contributed by atoms with E-state index in [1.807, 2.05) is 44.2 Å². The first-order chi connectivity index (χ1) is 16.3. The largest absolute Gasteiger partial charge is 0.490 e. The number of nitrogens with zero attached hydrogens (tertiary/aromatic N) is 1. The van der Waals surface area contributed by atoms with Crippen molar-refractivity contribution in [2.45, 2.75) is 20.5 Å². The minimum absolute atomic E-state index is 0.123. The van der Waals surface area contributed by atoms with Gasteiger partial charge in [0.15, 0.2) is 11.5 Å². The summed E-state index contributed by atoms with van der Waals surface area (Å²) in [5.41, 5.74) is 2.40. The van der Waals surface area contributed by atoms with Gasteiger partial charge in [0.25, 0.3) is 5.91 Å². The van der Waals surface area contributed by atoms with Crippen molar-refractivity contribution in [2.75, 3.05) is 11.9 Å². The molecule has 1 amide bonds. The number of anilines is 1. The summed E-state index contributed by atoms with van der Waals surface area (Å²) in [7, 11) is 0. The molecule has 1 N–H and O–H groups in total. The highest BCUT2D eigenvalue weighted by Crippen LogP contribution is 2.38. The molecule has 0 aromatic heterocycles. The second kappa shape index (κ2) is 11.8. The van der Waals surface area contributed by atoms with Crippen LogP contribution in [0.5, 0.6) is 11.5 Å². The quantitative estimate of drug-likeness (QED) is 0.249. The SMILES string of the molecule is CCOc1cc(/C=C(\C#N)C(=O)Nc2c(C)cccc2Cl)cc(Cl)c1OCc1ccccc1Cl. The number of benzene rings is 3. The average Bonchev–Trinajstić information content (AvgIpc) is 2.80. The number of aryl methyl sites for hydroxylation is 1. The number of halogens is 3. The van der Waals surface area contributed by atoms with Gasteiger partial charge in [-0.25, -0.2) is 0 Å². The summed E-state index contributed by atoms with van der Waals surface area (Å²) in [5.74, 6) is 0.134. The Kier molecular flexibility index (Phi) is 8.84. The Hall–Kier alpha value is -3.17. The molecule has 5 nitrogen and oxygen atoms in total. The summed E-state index contributed by atoms with van der Waals surface area (Å²) in [6.07, 6.45) is 1.42. The van der Waals surface area contributed by atoms with Crippen molar-refractivity contribution in [1.29, 1.82) is 5.26 Å². The minimum Gasteiger partial charge on any atom is -0.490 e. The molecule has 0 atom stereocenters. The van der Waals surface area contributed by atoms with E-state index in [1.165, 1.54) is 6.08 Å². The Balaban J connectivity index is 1.88. The van der Waals surface area contributed by atoms with Crippen molar-refractivity contribution < 1.29 is 14.3 Å². The maximum atomic E-state index is 12.7. The van der Waals surface area contributed by atoms with Gasteiger partial charge in [0.05, 0.1) is 22.3 Å². The summed E-state index contributed by atoms with van der Waals surface area (Å²) < 4.78 is 11.6. The molecule has 3 rings (SSSR count). The fraction of sp³-hybridized carbons (Fsp3) is 0.154. The zero-order valence-corrected chi connectivity index (χ0v) is 20.8. The van der Waals surface area contributed by atoms with Gasteiger partial charge in [-0.15, -0.1) is 0 Å². The van der Waals surface area contributed by atoms with Crippen LogP contribution in [0.2, 0.25) is 15.1 Å². The molecule has 0 spiro atoms. The molecule has 0 unspecified atom stereocenters. The van der Waals surface area contributed by atoms with Crippen molar-refractivity contribution in [3.63, 3.8) is 0 Å². The third kappa shape index (κ3) is 6.24. The summed E-state index contributed by atoms with van der Waals surface area (Å²) in [5, 5.41) is 13.5. The predicted molar refractivity (Wildman–Crippen MR) is 137 cm³/mol. The van der Waals surface area contributed by atoms with Gasteiger partial charge in [-0.1, -0.05) is 65.1 Å². The van der Waals surface area contributed by atoms with Gasteiger partial charge in [-0.05, 0) is 55.3 Å². The standard InChI is InChI=1S/C26H21Cl3N2O3/c1-3-33-23-13-17(12-22(29)25(23)34-15-18-8-4-5-9-20(18)27)11-19(14-30)26(32)31-24-16(2)7-6-10-21(24)28/h4-13H,3,15H2,1-2H3,(H,31,32)/b19-11+. The first kappa shape index (κ1) is 25.5.